The molecule has 0 aliphatic heterocycles. The standard InChI is InChI=1S/C2H4FO5P/c3-1-2(4)8-9(5,6)7/h1H2,(H2,5,6,7). The molecule has 2 N–H and O–H groups in total. The second kappa shape index (κ2) is 2.91. The molecule has 0 aromatic rings. The SMILES string of the molecule is O=C(CF)OP(=O)(O)O. The maximum Gasteiger partial charge on any atom is 0.527 e. The van der Waals surface area contributed by atoms with Gasteiger partial charge >= 0.3 is 13.8 Å². The van der Waals surface area contributed by atoms with Crippen molar-refractivity contribution in [2.24, 2.45) is 0 Å². The van der Waals surface area contributed by atoms with Gasteiger partial charge < -0.3 is 4.52 Å². The molecule has 0 fully saturated rings. The van der Waals surface area contributed by atoms with Crippen LogP contribution in [-0.4, -0.2) is 22.4 Å². The lowest BCUT2D eigenvalue weighted by atomic mass is 10.8. The molecule has 7 heteroatoms. The summed E-state index contributed by atoms with van der Waals surface area (Å²) in [6, 6.07) is 0. The molecule has 0 amide bonds. The van der Waals surface area contributed by atoms with E-state index in [1.54, 1.807) is 0 Å². The Balaban J connectivity index is 3.75. The van der Waals surface area contributed by atoms with Crippen molar-refractivity contribution >= 4 is 13.8 Å². The topological polar surface area (TPSA) is 83.8 Å². The minimum Gasteiger partial charge on any atom is -0.369 e. The number of alkyl halides is 1. The van der Waals surface area contributed by atoms with Gasteiger partial charge in [0.1, 0.15) is 0 Å². The average molecular weight is 158 g/mol. The maximum atomic E-state index is 11.1. The van der Waals surface area contributed by atoms with Gasteiger partial charge in [0.05, 0.1) is 0 Å². The van der Waals surface area contributed by atoms with E-state index in [2.05, 4.69) is 4.52 Å². The smallest absolute Gasteiger partial charge is 0.369 e. The van der Waals surface area contributed by atoms with E-state index in [0.717, 1.165) is 0 Å². The molecule has 0 aliphatic rings. The van der Waals surface area contributed by atoms with E-state index >= 15 is 0 Å². The fourth-order valence-electron chi connectivity index (χ4n) is 0.157. The van der Waals surface area contributed by atoms with Gasteiger partial charge in [0.25, 0.3) is 0 Å². The molecule has 9 heavy (non-hydrogen) atoms. The third kappa shape index (κ3) is 5.42. The first-order valence-electron chi connectivity index (χ1n) is 1.79. The fourth-order valence-corrected chi connectivity index (χ4v) is 0.471. The lowest BCUT2D eigenvalue weighted by molar-refractivity contribution is -0.136. The zero-order chi connectivity index (χ0) is 7.49. The molecule has 0 aromatic heterocycles. The summed E-state index contributed by atoms with van der Waals surface area (Å²) in [5.41, 5.74) is 0. The number of phosphoric acid groups is 1. The molecule has 0 bridgehead atoms. The number of hydrogen-bond acceptors (Lipinski definition) is 3. The maximum absolute atomic E-state index is 11.1. The van der Waals surface area contributed by atoms with Gasteiger partial charge in [0, 0.05) is 0 Å². The number of carbonyl (C=O) groups is 1. The van der Waals surface area contributed by atoms with E-state index in [0.29, 0.717) is 0 Å². The molecule has 0 saturated heterocycles. The van der Waals surface area contributed by atoms with Gasteiger partial charge in [-0.2, -0.15) is 0 Å². The van der Waals surface area contributed by atoms with Crippen molar-refractivity contribution in [3.05, 3.63) is 0 Å². The molecular formula is C2H4FO5P. The summed E-state index contributed by atoms with van der Waals surface area (Å²) in [6.07, 6.45) is 0. The van der Waals surface area contributed by atoms with Crippen LogP contribution in [-0.2, 0) is 13.9 Å². The van der Waals surface area contributed by atoms with Crippen molar-refractivity contribution in [3.63, 3.8) is 0 Å². The van der Waals surface area contributed by atoms with Crippen LogP contribution >= 0.6 is 7.82 Å². The summed E-state index contributed by atoms with van der Waals surface area (Å²) in [5.74, 6) is -1.57. The molecule has 0 atom stereocenters. The lowest BCUT2D eigenvalue weighted by Crippen LogP contribution is -2.03. The third-order valence-corrected chi connectivity index (χ3v) is 0.771. The normalized spacial score (nSPS) is 11.0. The van der Waals surface area contributed by atoms with Crippen LogP contribution in [0.2, 0.25) is 0 Å². The Morgan fingerprint density at radius 2 is 2.11 bits per heavy atom. The highest BCUT2D eigenvalue weighted by atomic mass is 31.2. The second-order valence-electron chi connectivity index (χ2n) is 1.09. The number of rotatable bonds is 2. The quantitative estimate of drug-likeness (QED) is 0.533. The van der Waals surface area contributed by atoms with Gasteiger partial charge in [-0.1, -0.05) is 0 Å². The number of hydrogen-bond donors (Lipinski definition) is 2. The zero-order valence-electron chi connectivity index (χ0n) is 4.15. The van der Waals surface area contributed by atoms with Crippen LogP contribution in [0.25, 0.3) is 0 Å². The Morgan fingerprint density at radius 3 is 2.22 bits per heavy atom. The molecule has 0 radical (unpaired) electrons. The summed E-state index contributed by atoms with van der Waals surface area (Å²) < 4.78 is 24.0. The molecule has 0 saturated carbocycles. The van der Waals surface area contributed by atoms with Crippen molar-refractivity contribution in [1.82, 2.24) is 0 Å². The summed E-state index contributed by atoms with van der Waals surface area (Å²) in [7, 11) is -4.83. The minimum atomic E-state index is -4.83. The van der Waals surface area contributed by atoms with E-state index < -0.39 is 20.5 Å². The van der Waals surface area contributed by atoms with Gasteiger partial charge in [0.2, 0.25) is 0 Å². The van der Waals surface area contributed by atoms with Gasteiger partial charge in [-0.3, -0.25) is 9.79 Å². The van der Waals surface area contributed by atoms with Crippen LogP contribution < -0.4 is 0 Å². The van der Waals surface area contributed by atoms with E-state index in [1.807, 2.05) is 0 Å². The molecule has 54 valence electrons. The number of halogens is 1. The van der Waals surface area contributed by atoms with Crippen LogP contribution in [0.4, 0.5) is 4.39 Å². The summed E-state index contributed by atoms with van der Waals surface area (Å²) >= 11 is 0. The average Bonchev–Trinajstić information content (AvgIpc) is 1.62. The number of phosphoric ester groups is 1. The Labute approximate surface area is 49.7 Å². The first-order chi connectivity index (χ1) is 3.95. The molecule has 0 rings (SSSR count). The van der Waals surface area contributed by atoms with E-state index in [9.17, 15) is 13.8 Å². The molecule has 0 aliphatic carbocycles. The van der Waals surface area contributed by atoms with Gasteiger partial charge in [-0.05, 0) is 0 Å². The van der Waals surface area contributed by atoms with Crippen LogP contribution in [0.3, 0.4) is 0 Å². The highest BCUT2D eigenvalue weighted by molar-refractivity contribution is 7.46. The van der Waals surface area contributed by atoms with Crippen LogP contribution in [0, 0.1) is 0 Å². The van der Waals surface area contributed by atoms with Gasteiger partial charge in [-0.15, -0.1) is 0 Å². The lowest BCUT2D eigenvalue weighted by Gasteiger charge is -2.00. The zero-order valence-corrected chi connectivity index (χ0v) is 5.05. The van der Waals surface area contributed by atoms with Crippen molar-refractivity contribution in [2.75, 3.05) is 6.67 Å². The second-order valence-corrected chi connectivity index (χ2v) is 2.25. The fraction of sp³-hybridized carbons (Fsp3) is 0.500. The van der Waals surface area contributed by atoms with Crippen molar-refractivity contribution in [3.8, 4) is 0 Å². The van der Waals surface area contributed by atoms with E-state index in [1.165, 1.54) is 0 Å². The van der Waals surface area contributed by atoms with E-state index in [-0.39, 0.29) is 0 Å². The molecule has 0 unspecified atom stereocenters. The predicted octanol–water partition coefficient (Wildman–Crippen LogP) is -0.408. The van der Waals surface area contributed by atoms with Gasteiger partial charge in [0.15, 0.2) is 6.67 Å². The monoisotopic (exact) mass is 158 g/mol. The highest BCUT2D eigenvalue weighted by Crippen LogP contribution is 2.35. The van der Waals surface area contributed by atoms with Crippen LogP contribution in [0.15, 0.2) is 0 Å². The largest absolute Gasteiger partial charge is 0.527 e. The van der Waals surface area contributed by atoms with Crippen LogP contribution in [0.5, 0.6) is 0 Å². The highest BCUT2D eigenvalue weighted by Gasteiger charge is 2.19. The first-order valence-corrected chi connectivity index (χ1v) is 3.32. The number of carbonyl (C=O) groups excluding carboxylic acids is 1. The van der Waals surface area contributed by atoms with Crippen LogP contribution in [0.1, 0.15) is 0 Å². The first kappa shape index (κ1) is 8.55. The van der Waals surface area contributed by atoms with Crippen molar-refractivity contribution < 1.29 is 28.1 Å². The van der Waals surface area contributed by atoms with Gasteiger partial charge in [-0.25, -0.2) is 13.8 Å². The van der Waals surface area contributed by atoms with Crippen molar-refractivity contribution in [2.45, 2.75) is 0 Å². The molecular weight excluding hydrogens is 154 g/mol. The molecule has 5 nitrogen and oxygen atoms in total. The summed E-state index contributed by atoms with van der Waals surface area (Å²) in [6.45, 7) is -1.54. The summed E-state index contributed by atoms with van der Waals surface area (Å²) in [4.78, 5) is 25.4. The molecule has 0 spiro atoms. The minimum absolute atomic E-state index is 1.54. The Bertz CT molecular complexity index is 149. The Kier molecular flexibility index (Phi) is 2.76. The van der Waals surface area contributed by atoms with Crippen molar-refractivity contribution in [1.29, 1.82) is 0 Å². The predicted molar refractivity (Wildman–Crippen MR) is 24.1 cm³/mol. The van der Waals surface area contributed by atoms with E-state index in [4.69, 9.17) is 9.79 Å². The Morgan fingerprint density at radius 1 is 1.67 bits per heavy atom. The summed E-state index contributed by atoms with van der Waals surface area (Å²) in [5, 5.41) is 0. The third-order valence-electron chi connectivity index (χ3n) is 0.330. The Hall–Kier alpha value is -0.450. The molecule has 0 aromatic carbocycles. The molecule has 0 heterocycles.